The molecule has 4 N–H and O–H groups in total. The number of hydrogen-bond acceptors (Lipinski definition) is 5. The van der Waals surface area contributed by atoms with Crippen LogP contribution < -0.4 is 14.9 Å². The molecule has 11 heteroatoms. The topological polar surface area (TPSA) is 164 Å². The van der Waals surface area contributed by atoms with E-state index in [4.69, 9.17) is 32.2 Å². The second-order valence-corrected chi connectivity index (χ2v) is 2.95. The van der Waals surface area contributed by atoms with Crippen LogP contribution in [-0.4, -0.2) is 17.9 Å². The van der Waals surface area contributed by atoms with Crippen LogP contribution in [0.25, 0.3) is 0 Å². The maximum absolute atomic E-state index is 8.97. The van der Waals surface area contributed by atoms with Crippen LogP contribution in [0, 0.1) is 0 Å². The smallest absolute Gasteiger partial charge is 0.790 e. The molecule has 0 amide bonds. The van der Waals surface area contributed by atoms with Crippen molar-refractivity contribution in [3.8, 4) is 0 Å². The van der Waals surface area contributed by atoms with E-state index in [-0.39, 0.29) is 19.5 Å². The van der Waals surface area contributed by atoms with Gasteiger partial charge in [0.25, 0.3) is 0 Å². The van der Waals surface area contributed by atoms with Crippen LogP contribution in [-0.2, 0) is 34.3 Å². The van der Waals surface area contributed by atoms with Crippen molar-refractivity contribution in [2.24, 2.45) is 5.14 Å². The fourth-order valence-electron chi connectivity index (χ4n) is 0. The molecule has 0 aromatic heterocycles. The molecule has 0 spiro atoms. The molecule has 0 rings (SSSR count). The van der Waals surface area contributed by atoms with Gasteiger partial charge < -0.3 is 19.2 Å². The third-order valence-corrected chi connectivity index (χ3v) is 0. The molecule has 0 aliphatic heterocycles. The van der Waals surface area contributed by atoms with Gasteiger partial charge in [-0.2, -0.15) is 8.42 Å². The molecule has 0 aliphatic carbocycles. The first-order valence-corrected chi connectivity index (χ1v) is 4.50. The Hall–Kier alpha value is 0.603. The molecular weight excluding hydrogens is 254 g/mol. The predicted molar refractivity (Wildman–Crippen MR) is 25.6 cm³/mol. The van der Waals surface area contributed by atoms with Crippen molar-refractivity contribution in [1.82, 2.24) is 0 Å². The van der Waals surface area contributed by atoms with Gasteiger partial charge >= 0.3 is 29.8 Å². The van der Waals surface area contributed by atoms with Crippen molar-refractivity contribution >= 4 is 18.1 Å². The van der Waals surface area contributed by atoms with Crippen molar-refractivity contribution in [1.29, 1.82) is 0 Å². The molecule has 0 heterocycles. The zero-order valence-corrected chi connectivity index (χ0v) is 9.75. The minimum Gasteiger partial charge on any atom is -0.790 e. The van der Waals surface area contributed by atoms with Crippen LogP contribution in [0.15, 0.2) is 0 Å². The zero-order chi connectivity index (χ0) is 9.00. The van der Waals surface area contributed by atoms with E-state index >= 15 is 0 Å². The quantitative estimate of drug-likeness (QED) is 0.231. The van der Waals surface area contributed by atoms with Gasteiger partial charge in [-0.15, -0.1) is 0 Å². The zero-order valence-electron chi connectivity index (χ0n) is 5.08. The molecule has 0 saturated carbocycles. The third-order valence-electron chi connectivity index (χ3n) is 0. The van der Waals surface area contributed by atoms with E-state index in [0.717, 1.165) is 0 Å². The van der Waals surface area contributed by atoms with E-state index < -0.39 is 18.1 Å². The molecule has 0 saturated heterocycles. The SMILES string of the molecule is NS(=O)(=O)O.O=P([O-])([O-])O.[Zn+2]. The van der Waals surface area contributed by atoms with Gasteiger partial charge in [-0.25, -0.2) is 5.14 Å². The van der Waals surface area contributed by atoms with Gasteiger partial charge in [-0.1, -0.05) is 0 Å². The Morgan fingerprint density at radius 2 is 1.36 bits per heavy atom. The summed E-state index contributed by atoms with van der Waals surface area (Å²) in [6.45, 7) is 0. The van der Waals surface area contributed by atoms with Crippen molar-refractivity contribution < 1.29 is 51.7 Å². The van der Waals surface area contributed by atoms with Gasteiger partial charge in [0.05, 0.1) is 7.82 Å². The van der Waals surface area contributed by atoms with E-state index in [2.05, 4.69) is 5.14 Å². The molecule has 8 nitrogen and oxygen atoms in total. The van der Waals surface area contributed by atoms with Crippen molar-refractivity contribution in [3.05, 3.63) is 0 Å². The Morgan fingerprint density at radius 3 is 1.36 bits per heavy atom. The number of nitrogens with two attached hydrogens (primary N) is 1. The standard InChI is InChI=1S/H3NO3S.H3O4P.Zn/c2*1-5(2,3)4;/h2*(H3,1,2,3,4);/q;;+2/p-2. The largest absolute Gasteiger partial charge is 2.00 e. The van der Waals surface area contributed by atoms with E-state index in [1.165, 1.54) is 0 Å². The molecule has 0 fully saturated rings. The molecule has 0 unspecified atom stereocenters. The summed E-state index contributed by atoms with van der Waals surface area (Å²) in [4.78, 5) is 24.3. The normalized spacial score (nSPS) is 10.6. The average Bonchev–Trinajstić information content (AvgIpc) is 1.12. The first-order chi connectivity index (χ1) is 4.00. The number of rotatable bonds is 0. The van der Waals surface area contributed by atoms with Crippen LogP contribution in [0.3, 0.4) is 0 Å². The summed E-state index contributed by atoms with van der Waals surface area (Å²) >= 11 is 0. The minimum absolute atomic E-state index is 0. The van der Waals surface area contributed by atoms with Crippen molar-refractivity contribution in [3.63, 3.8) is 0 Å². The summed E-state index contributed by atoms with van der Waals surface area (Å²) < 4.78 is 33.9. The molecule has 11 heavy (non-hydrogen) atoms. The van der Waals surface area contributed by atoms with Crippen LogP contribution >= 0.6 is 7.82 Å². The summed E-state index contributed by atoms with van der Waals surface area (Å²) in [6.07, 6.45) is 0. The van der Waals surface area contributed by atoms with Crippen molar-refractivity contribution in [2.75, 3.05) is 0 Å². The van der Waals surface area contributed by atoms with Gasteiger partial charge in [-0.3, -0.25) is 4.55 Å². The van der Waals surface area contributed by atoms with Crippen LogP contribution in [0.2, 0.25) is 0 Å². The van der Waals surface area contributed by atoms with Crippen LogP contribution in [0.1, 0.15) is 0 Å². The monoisotopic (exact) mass is 257 g/mol. The fourth-order valence-corrected chi connectivity index (χ4v) is 0. The summed E-state index contributed by atoms with van der Waals surface area (Å²) in [7, 11) is -9.31. The molecule has 0 radical (unpaired) electrons. The van der Waals surface area contributed by atoms with Gasteiger partial charge in [-0.05, 0) is 0 Å². The summed E-state index contributed by atoms with van der Waals surface area (Å²) in [5.74, 6) is 0. The van der Waals surface area contributed by atoms with Gasteiger partial charge in [0.2, 0.25) is 0 Å². The maximum Gasteiger partial charge on any atom is 2.00 e. The van der Waals surface area contributed by atoms with E-state index in [0.29, 0.717) is 0 Å². The second-order valence-electron chi connectivity index (χ2n) is 0.984. The number of hydrogen-bond donors (Lipinski definition) is 3. The van der Waals surface area contributed by atoms with Crippen LogP contribution in [0.5, 0.6) is 0 Å². The molecule has 0 bridgehead atoms. The summed E-state index contributed by atoms with van der Waals surface area (Å²) in [5.41, 5.74) is 0. The first kappa shape index (κ1) is 17.6. The molecule has 64 valence electrons. The molecule has 0 aromatic carbocycles. The Kier molecular flexibility index (Phi) is 9.86. The third kappa shape index (κ3) is 2160. The Balaban J connectivity index is -0.000000107. The van der Waals surface area contributed by atoms with E-state index in [1.807, 2.05) is 0 Å². The van der Waals surface area contributed by atoms with Gasteiger partial charge in [0.1, 0.15) is 0 Å². The van der Waals surface area contributed by atoms with E-state index in [9.17, 15) is 0 Å². The molecule has 0 aromatic rings. The van der Waals surface area contributed by atoms with E-state index in [1.54, 1.807) is 0 Å². The Labute approximate surface area is 75.3 Å². The maximum atomic E-state index is 8.97. The Morgan fingerprint density at radius 1 is 1.36 bits per heavy atom. The molecular formula is H4NO7PSZn. The first-order valence-electron chi connectivity index (χ1n) is 1.50. The molecule has 0 atom stereocenters. The fraction of sp³-hybridized carbons (Fsp3) is 0. The summed E-state index contributed by atoms with van der Waals surface area (Å²) in [5, 5.41) is 3.88. The number of phosphoric acid groups is 1. The van der Waals surface area contributed by atoms with Crippen molar-refractivity contribution in [2.45, 2.75) is 0 Å². The second kappa shape index (κ2) is 6.16. The average molecular weight is 258 g/mol. The van der Waals surface area contributed by atoms with Gasteiger partial charge in [0.15, 0.2) is 0 Å². The predicted octanol–water partition coefficient (Wildman–Crippen LogP) is -3.45. The van der Waals surface area contributed by atoms with Gasteiger partial charge in [0, 0.05) is 0 Å². The summed E-state index contributed by atoms with van der Waals surface area (Å²) in [6, 6.07) is 0. The Bertz CT molecular complexity index is 196. The minimum atomic E-state index is -5.14. The molecule has 0 aliphatic rings. The van der Waals surface area contributed by atoms with Crippen LogP contribution in [0.4, 0.5) is 0 Å².